The standard InChI is InChI=1S/C20H24N8O5/c21-17-25-15-11(8-27-13(29)6-7-14(27)30)23-18(22)28-9-12(20(32,33)19(15,28)26-17)24-16(31)10-4-2-1-3-5-10/h1-5,11-12,15,32-33H,6-9H2,(H2,22,23)(H,24,31)(H3,21,25,26)/t11?,12?,15-,19-/m0/s1. The van der Waals surface area contributed by atoms with Gasteiger partial charge in [-0.1, -0.05) is 18.2 Å². The second-order valence-electron chi connectivity index (χ2n) is 8.53. The van der Waals surface area contributed by atoms with Crippen molar-refractivity contribution in [3.8, 4) is 0 Å². The number of nitrogens with zero attached hydrogens (tertiary/aromatic N) is 4. The average Bonchev–Trinajstić information content (AvgIpc) is 3.37. The summed E-state index contributed by atoms with van der Waals surface area (Å²) in [5.74, 6) is -3.92. The highest BCUT2D eigenvalue weighted by molar-refractivity contribution is 6.02. The Kier molecular flexibility index (Phi) is 4.58. The Morgan fingerprint density at radius 3 is 2.48 bits per heavy atom. The van der Waals surface area contributed by atoms with E-state index in [1.54, 1.807) is 30.3 Å². The molecule has 33 heavy (non-hydrogen) atoms. The Bertz CT molecular complexity index is 1070. The Labute approximate surface area is 188 Å². The zero-order chi connectivity index (χ0) is 23.5. The van der Waals surface area contributed by atoms with Gasteiger partial charge in [-0.05, 0) is 12.1 Å². The van der Waals surface area contributed by atoms with Crippen LogP contribution in [0.1, 0.15) is 23.2 Å². The molecule has 0 radical (unpaired) electrons. The number of nitrogens with one attached hydrogen (secondary N) is 2. The zero-order valence-corrected chi connectivity index (χ0v) is 17.5. The Hall–Kier alpha value is -3.71. The SMILES string of the molecule is NC1=N[C@H]2C(CN3C(=O)CCC3=O)N=C(N)N3CC(NC(=O)c4ccccc4)C(O)(O)[C@]23N1. The van der Waals surface area contributed by atoms with Crippen LogP contribution in [-0.4, -0.2) is 92.3 Å². The molecule has 4 aliphatic heterocycles. The maximum absolute atomic E-state index is 12.7. The van der Waals surface area contributed by atoms with E-state index in [4.69, 9.17) is 11.5 Å². The van der Waals surface area contributed by atoms with E-state index in [0.29, 0.717) is 5.56 Å². The number of hydrogen-bond acceptors (Lipinski definition) is 11. The molecule has 8 N–H and O–H groups in total. The minimum absolute atomic E-state index is 0.0586. The van der Waals surface area contributed by atoms with Gasteiger partial charge in [-0.2, -0.15) is 0 Å². The fourth-order valence-electron chi connectivity index (χ4n) is 5.08. The third-order valence-electron chi connectivity index (χ3n) is 6.67. The topological polar surface area (TPSA) is 199 Å². The molecule has 174 valence electrons. The number of likely N-dealkylation sites (tertiary alicyclic amines) is 1. The van der Waals surface area contributed by atoms with Crippen LogP contribution < -0.4 is 22.1 Å². The van der Waals surface area contributed by atoms with Crippen LogP contribution in [0.2, 0.25) is 0 Å². The normalized spacial score (nSPS) is 32.1. The highest BCUT2D eigenvalue weighted by Crippen LogP contribution is 2.45. The fraction of sp³-hybridized carbons (Fsp3) is 0.450. The molecule has 13 heteroatoms. The van der Waals surface area contributed by atoms with E-state index in [0.717, 1.165) is 4.90 Å². The molecule has 0 bridgehead atoms. The molecule has 2 saturated heterocycles. The molecule has 5 rings (SSSR count). The molecule has 4 heterocycles. The Balaban J connectivity index is 1.48. The van der Waals surface area contributed by atoms with E-state index in [1.807, 2.05) is 0 Å². The number of nitrogens with two attached hydrogens (primary N) is 2. The third kappa shape index (κ3) is 2.96. The lowest BCUT2D eigenvalue weighted by Gasteiger charge is -2.49. The smallest absolute Gasteiger partial charge is 0.251 e. The first-order valence-corrected chi connectivity index (χ1v) is 10.5. The molecule has 13 nitrogen and oxygen atoms in total. The lowest BCUT2D eigenvalue weighted by Crippen LogP contribution is -2.78. The molecule has 1 aromatic carbocycles. The molecule has 0 aliphatic carbocycles. The summed E-state index contributed by atoms with van der Waals surface area (Å²) in [5.41, 5.74) is 10.7. The van der Waals surface area contributed by atoms with Gasteiger partial charge in [-0.25, -0.2) is 9.98 Å². The molecule has 4 atom stereocenters. The molecule has 2 unspecified atom stereocenters. The van der Waals surface area contributed by atoms with Gasteiger partial charge in [0.25, 0.3) is 5.91 Å². The second kappa shape index (κ2) is 7.15. The summed E-state index contributed by atoms with van der Waals surface area (Å²) in [5, 5.41) is 28.2. The summed E-state index contributed by atoms with van der Waals surface area (Å²) in [6.45, 7) is -0.226. The number of rotatable bonds is 4. The minimum Gasteiger partial charge on any atom is -0.370 e. The number of amides is 3. The monoisotopic (exact) mass is 456 g/mol. The van der Waals surface area contributed by atoms with Gasteiger partial charge in [0.05, 0.1) is 12.6 Å². The summed E-state index contributed by atoms with van der Waals surface area (Å²) in [7, 11) is 0. The summed E-state index contributed by atoms with van der Waals surface area (Å²) >= 11 is 0. The number of guanidine groups is 2. The first-order valence-electron chi connectivity index (χ1n) is 10.5. The number of imide groups is 1. The van der Waals surface area contributed by atoms with Gasteiger partial charge in [0.1, 0.15) is 12.1 Å². The molecular formula is C20H24N8O5. The van der Waals surface area contributed by atoms with Crippen LogP contribution in [0.5, 0.6) is 0 Å². The summed E-state index contributed by atoms with van der Waals surface area (Å²) < 4.78 is 0. The molecular weight excluding hydrogens is 432 g/mol. The molecule has 4 aliphatic rings. The van der Waals surface area contributed by atoms with Gasteiger partial charge in [0.2, 0.25) is 17.6 Å². The number of carbonyl (C=O) groups excluding carboxylic acids is 3. The van der Waals surface area contributed by atoms with Crippen LogP contribution in [0.25, 0.3) is 0 Å². The number of aliphatic imine (C=N–C) groups is 2. The number of benzene rings is 1. The minimum atomic E-state index is -2.59. The highest BCUT2D eigenvalue weighted by Gasteiger charge is 2.73. The first kappa shape index (κ1) is 21.2. The van der Waals surface area contributed by atoms with Crippen molar-refractivity contribution in [2.24, 2.45) is 21.5 Å². The third-order valence-corrected chi connectivity index (χ3v) is 6.67. The molecule has 2 fully saturated rings. The van der Waals surface area contributed by atoms with Gasteiger partial charge in [0, 0.05) is 24.9 Å². The lowest BCUT2D eigenvalue weighted by molar-refractivity contribution is -0.230. The van der Waals surface area contributed by atoms with Gasteiger partial charge in [-0.3, -0.25) is 19.3 Å². The lowest BCUT2D eigenvalue weighted by atomic mass is 9.84. The van der Waals surface area contributed by atoms with Crippen LogP contribution in [-0.2, 0) is 9.59 Å². The quantitative estimate of drug-likeness (QED) is 0.197. The van der Waals surface area contributed by atoms with Gasteiger partial charge in [-0.15, -0.1) is 0 Å². The average molecular weight is 456 g/mol. The Morgan fingerprint density at radius 2 is 1.82 bits per heavy atom. The van der Waals surface area contributed by atoms with Crippen LogP contribution >= 0.6 is 0 Å². The van der Waals surface area contributed by atoms with E-state index in [-0.39, 0.29) is 49.7 Å². The Morgan fingerprint density at radius 1 is 1.15 bits per heavy atom. The maximum atomic E-state index is 12.7. The molecule has 1 spiro atoms. The number of aliphatic hydroxyl groups is 2. The maximum Gasteiger partial charge on any atom is 0.251 e. The summed E-state index contributed by atoms with van der Waals surface area (Å²) in [4.78, 5) is 48.2. The number of carbonyl (C=O) groups is 3. The van der Waals surface area contributed by atoms with Crippen LogP contribution in [0.15, 0.2) is 40.3 Å². The van der Waals surface area contributed by atoms with Crippen LogP contribution in [0.3, 0.4) is 0 Å². The van der Waals surface area contributed by atoms with E-state index in [2.05, 4.69) is 20.6 Å². The van der Waals surface area contributed by atoms with Crippen molar-refractivity contribution in [1.29, 1.82) is 0 Å². The highest BCUT2D eigenvalue weighted by atomic mass is 16.5. The van der Waals surface area contributed by atoms with Crippen molar-refractivity contribution < 1.29 is 24.6 Å². The second-order valence-corrected chi connectivity index (χ2v) is 8.53. The zero-order valence-electron chi connectivity index (χ0n) is 17.5. The van der Waals surface area contributed by atoms with E-state index in [9.17, 15) is 24.6 Å². The molecule has 0 saturated carbocycles. The van der Waals surface area contributed by atoms with E-state index in [1.165, 1.54) is 4.90 Å². The predicted octanol–water partition coefficient (Wildman–Crippen LogP) is -3.39. The molecule has 1 aromatic rings. The van der Waals surface area contributed by atoms with Crippen molar-refractivity contribution in [3.63, 3.8) is 0 Å². The summed E-state index contributed by atoms with van der Waals surface area (Å²) in [6, 6.07) is 5.27. The van der Waals surface area contributed by atoms with Crippen molar-refractivity contribution in [3.05, 3.63) is 35.9 Å². The molecule has 3 amide bonds. The largest absolute Gasteiger partial charge is 0.370 e. The number of hydrogen-bond donors (Lipinski definition) is 6. The van der Waals surface area contributed by atoms with Gasteiger partial charge >= 0.3 is 0 Å². The van der Waals surface area contributed by atoms with Crippen molar-refractivity contribution in [2.75, 3.05) is 13.1 Å². The first-order chi connectivity index (χ1) is 15.6. The fourth-order valence-corrected chi connectivity index (χ4v) is 5.08. The molecule has 0 aromatic heterocycles. The summed E-state index contributed by atoms with van der Waals surface area (Å²) in [6.07, 6.45) is 0.210. The van der Waals surface area contributed by atoms with E-state index >= 15 is 0 Å². The van der Waals surface area contributed by atoms with E-state index < -0.39 is 35.5 Å². The van der Waals surface area contributed by atoms with Crippen LogP contribution in [0.4, 0.5) is 0 Å². The van der Waals surface area contributed by atoms with Gasteiger partial charge < -0.3 is 37.2 Å². The van der Waals surface area contributed by atoms with Crippen molar-refractivity contribution >= 4 is 29.6 Å². The van der Waals surface area contributed by atoms with Gasteiger partial charge in [0.15, 0.2) is 17.6 Å². The van der Waals surface area contributed by atoms with Crippen LogP contribution in [0, 0.1) is 0 Å². The van der Waals surface area contributed by atoms with Crippen molar-refractivity contribution in [1.82, 2.24) is 20.4 Å². The van der Waals surface area contributed by atoms with Crippen molar-refractivity contribution in [2.45, 2.75) is 42.4 Å². The predicted molar refractivity (Wildman–Crippen MR) is 114 cm³/mol.